The average molecular weight is 533 g/mol. The number of fused-ring (bicyclic) bond motifs is 1. The summed E-state index contributed by atoms with van der Waals surface area (Å²) in [5.74, 6) is 0. The smallest absolute Gasteiger partial charge is 0.407 e. The third-order valence-electron chi connectivity index (χ3n) is 7.48. The van der Waals surface area contributed by atoms with Gasteiger partial charge in [-0.3, -0.25) is 9.47 Å². The Morgan fingerprint density at radius 2 is 1.74 bits per heavy atom. The lowest BCUT2D eigenvalue weighted by atomic mass is 9.93. The van der Waals surface area contributed by atoms with Gasteiger partial charge in [0, 0.05) is 36.7 Å². The van der Waals surface area contributed by atoms with E-state index in [0.29, 0.717) is 19.4 Å². The molecular formula is C30H33ClN4O3. The van der Waals surface area contributed by atoms with Crippen molar-refractivity contribution >= 4 is 28.7 Å². The maximum atomic E-state index is 12.8. The zero-order chi connectivity index (χ0) is 26.5. The molecule has 0 spiro atoms. The lowest BCUT2D eigenvalue weighted by Crippen LogP contribution is -2.47. The number of nitrogens with zero attached hydrogens (tertiary/aromatic N) is 3. The van der Waals surface area contributed by atoms with E-state index in [9.17, 15) is 14.7 Å². The molecule has 4 aromatic rings. The normalized spacial score (nSPS) is 17.8. The Labute approximate surface area is 227 Å². The summed E-state index contributed by atoms with van der Waals surface area (Å²) in [6, 6.07) is 25.8. The standard InChI is InChI=1S/C30H33ClN4O3/c31-24-11-6-10-23(18-24)21-33(20-22-8-2-1-3-9-22)16-7-12-25-19-26(15-17-34(25)30(37)38)35-28-14-5-4-13-27(28)32-29(35)36/h1-6,8-11,13-14,18,25-26H,7,12,15-17,19-21H2,(H,32,36)(H,37,38). The Balaban J connectivity index is 1.29. The number of aromatic amines is 1. The first kappa shape index (κ1) is 26.1. The molecule has 198 valence electrons. The van der Waals surface area contributed by atoms with Gasteiger partial charge in [-0.25, -0.2) is 9.59 Å². The maximum absolute atomic E-state index is 12.8. The Morgan fingerprint density at radius 1 is 1.00 bits per heavy atom. The van der Waals surface area contributed by atoms with Crippen molar-refractivity contribution < 1.29 is 9.90 Å². The molecule has 1 aliphatic rings. The number of halogens is 1. The average Bonchev–Trinajstić information content (AvgIpc) is 3.24. The number of aromatic nitrogens is 2. The van der Waals surface area contributed by atoms with Crippen LogP contribution >= 0.6 is 11.6 Å². The maximum Gasteiger partial charge on any atom is 0.407 e. The molecule has 1 fully saturated rings. The van der Waals surface area contributed by atoms with E-state index in [-0.39, 0.29) is 17.8 Å². The van der Waals surface area contributed by atoms with Crippen molar-refractivity contribution in [1.29, 1.82) is 0 Å². The van der Waals surface area contributed by atoms with E-state index >= 15 is 0 Å². The van der Waals surface area contributed by atoms with Crippen LogP contribution in [0.4, 0.5) is 4.79 Å². The summed E-state index contributed by atoms with van der Waals surface area (Å²) in [6.07, 6.45) is 1.94. The molecule has 8 heteroatoms. The molecule has 7 nitrogen and oxygen atoms in total. The molecule has 1 aromatic heterocycles. The highest BCUT2D eigenvalue weighted by Gasteiger charge is 2.33. The predicted molar refractivity (Wildman–Crippen MR) is 151 cm³/mol. The second kappa shape index (κ2) is 11.9. The zero-order valence-corrected chi connectivity index (χ0v) is 22.1. The van der Waals surface area contributed by atoms with Gasteiger partial charge in [0.15, 0.2) is 0 Å². The number of carboxylic acid groups (broad SMARTS) is 1. The molecule has 2 heterocycles. The van der Waals surface area contributed by atoms with Crippen LogP contribution in [0.3, 0.4) is 0 Å². The van der Waals surface area contributed by atoms with E-state index in [4.69, 9.17) is 11.6 Å². The van der Waals surface area contributed by atoms with Crippen LogP contribution in [0.25, 0.3) is 11.0 Å². The molecule has 2 unspecified atom stereocenters. The number of hydrogen-bond acceptors (Lipinski definition) is 3. The van der Waals surface area contributed by atoms with Gasteiger partial charge in [-0.15, -0.1) is 0 Å². The van der Waals surface area contributed by atoms with Crippen LogP contribution in [-0.4, -0.2) is 49.7 Å². The Hall–Kier alpha value is -3.55. The number of nitrogens with one attached hydrogen (secondary N) is 1. The van der Waals surface area contributed by atoms with Crippen molar-refractivity contribution in [3.8, 4) is 0 Å². The number of hydrogen-bond donors (Lipinski definition) is 2. The molecule has 2 N–H and O–H groups in total. The monoisotopic (exact) mass is 532 g/mol. The summed E-state index contributed by atoms with van der Waals surface area (Å²) < 4.78 is 1.82. The van der Waals surface area contributed by atoms with Crippen molar-refractivity contribution in [3.63, 3.8) is 0 Å². The fraction of sp³-hybridized carbons (Fsp3) is 0.333. The lowest BCUT2D eigenvalue weighted by molar-refractivity contribution is 0.0853. The minimum Gasteiger partial charge on any atom is -0.465 e. The zero-order valence-electron chi connectivity index (χ0n) is 21.3. The number of para-hydroxylation sites is 2. The van der Waals surface area contributed by atoms with Crippen molar-refractivity contribution in [2.45, 2.75) is 50.9 Å². The summed E-state index contributed by atoms with van der Waals surface area (Å²) in [7, 11) is 0. The molecule has 0 aliphatic carbocycles. The number of H-pyrrole nitrogens is 1. The van der Waals surface area contributed by atoms with E-state index in [0.717, 1.165) is 54.1 Å². The predicted octanol–water partition coefficient (Wildman–Crippen LogP) is 6.15. The number of benzene rings is 3. The van der Waals surface area contributed by atoms with Crippen LogP contribution in [0.2, 0.25) is 5.02 Å². The second-order valence-electron chi connectivity index (χ2n) is 10.1. The molecule has 38 heavy (non-hydrogen) atoms. The van der Waals surface area contributed by atoms with Crippen molar-refractivity contribution in [2.75, 3.05) is 13.1 Å². The summed E-state index contributed by atoms with van der Waals surface area (Å²) in [4.78, 5) is 31.8. The van der Waals surface area contributed by atoms with E-state index in [1.54, 1.807) is 4.90 Å². The summed E-state index contributed by atoms with van der Waals surface area (Å²) in [6.45, 7) is 2.81. The highest BCUT2D eigenvalue weighted by atomic mass is 35.5. The second-order valence-corrected chi connectivity index (χ2v) is 10.5. The van der Waals surface area contributed by atoms with Gasteiger partial charge in [0.1, 0.15) is 0 Å². The van der Waals surface area contributed by atoms with Crippen LogP contribution in [0.15, 0.2) is 83.7 Å². The number of imidazole rings is 1. The van der Waals surface area contributed by atoms with Gasteiger partial charge < -0.3 is 15.0 Å². The SMILES string of the molecule is O=C(O)N1CCC(n2c(=O)[nH]c3ccccc32)CC1CCCN(Cc1ccccc1)Cc1cccc(Cl)c1. The van der Waals surface area contributed by atoms with E-state index in [2.05, 4.69) is 28.1 Å². The fourth-order valence-corrected chi connectivity index (χ4v) is 5.94. The van der Waals surface area contributed by atoms with Crippen LogP contribution in [0.5, 0.6) is 0 Å². The molecule has 5 rings (SSSR count). The molecule has 2 atom stereocenters. The molecular weight excluding hydrogens is 500 g/mol. The van der Waals surface area contributed by atoms with Crippen LogP contribution in [-0.2, 0) is 13.1 Å². The van der Waals surface area contributed by atoms with E-state index in [1.165, 1.54) is 5.56 Å². The molecule has 3 aromatic carbocycles. The third-order valence-corrected chi connectivity index (χ3v) is 7.71. The van der Waals surface area contributed by atoms with Gasteiger partial charge in [0.2, 0.25) is 0 Å². The first-order chi connectivity index (χ1) is 18.5. The van der Waals surface area contributed by atoms with Gasteiger partial charge in [-0.2, -0.15) is 0 Å². The van der Waals surface area contributed by atoms with E-state index < -0.39 is 6.09 Å². The van der Waals surface area contributed by atoms with Crippen LogP contribution < -0.4 is 5.69 Å². The van der Waals surface area contributed by atoms with Gasteiger partial charge in [-0.1, -0.05) is 66.2 Å². The highest BCUT2D eigenvalue weighted by molar-refractivity contribution is 6.30. The van der Waals surface area contributed by atoms with Gasteiger partial charge >= 0.3 is 11.8 Å². The first-order valence-corrected chi connectivity index (χ1v) is 13.6. The number of rotatable bonds is 9. The highest BCUT2D eigenvalue weighted by Crippen LogP contribution is 2.31. The molecule has 0 bridgehead atoms. The Bertz CT molecular complexity index is 1430. The third kappa shape index (κ3) is 6.11. The van der Waals surface area contributed by atoms with Crippen molar-refractivity contribution in [3.05, 3.63) is 105 Å². The Morgan fingerprint density at radius 3 is 2.53 bits per heavy atom. The minimum absolute atomic E-state index is 0.0360. The fourth-order valence-electron chi connectivity index (χ4n) is 5.73. The largest absolute Gasteiger partial charge is 0.465 e. The van der Waals surface area contributed by atoms with Crippen LogP contribution in [0, 0.1) is 0 Å². The molecule has 0 saturated carbocycles. The summed E-state index contributed by atoms with van der Waals surface area (Å²) >= 11 is 6.24. The van der Waals surface area contributed by atoms with Crippen LogP contribution in [0.1, 0.15) is 42.9 Å². The summed E-state index contributed by atoms with van der Waals surface area (Å²) in [5.41, 5.74) is 3.94. The quantitative estimate of drug-likeness (QED) is 0.271. The number of likely N-dealkylation sites (tertiary alicyclic amines) is 1. The minimum atomic E-state index is -0.889. The summed E-state index contributed by atoms with van der Waals surface area (Å²) in [5, 5.41) is 10.6. The Kier molecular flexibility index (Phi) is 8.15. The molecule has 0 radical (unpaired) electrons. The molecule has 1 saturated heterocycles. The number of amides is 1. The van der Waals surface area contributed by atoms with Crippen molar-refractivity contribution in [1.82, 2.24) is 19.4 Å². The number of carbonyl (C=O) groups is 1. The number of piperidine rings is 1. The van der Waals surface area contributed by atoms with Gasteiger partial charge in [0.05, 0.1) is 11.0 Å². The lowest BCUT2D eigenvalue weighted by Gasteiger charge is -2.38. The van der Waals surface area contributed by atoms with Gasteiger partial charge in [0.25, 0.3) is 0 Å². The van der Waals surface area contributed by atoms with E-state index in [1.807, 2.05) is 65.2 Å². The first-order valence-electron chi connectivity index (χ1n) is 13.2. The van der Waals surface area contributed by atoms with Gasteiger partial charge in [-0.05, 0) is 67.6 Å². The molecule has 1 amide bonds. The van der Waals surface area contributed by atoms with Crippen molar-refractivity contribution in [2.24, 2.45) is 0 Å². The topological polar surface area (TPSA) is 81.6 Å². The molecule has 1 aliphatic heterocycles.